The predicted molar refractivity (Wildman–Crippen MR) is 126 cm³/mol. The lowest BCUT2D eigenvalue weighted by atomic mass is 9.83. The number of nitrogens with zero attached hydrogens (tertiary/aromatic N) is 1. The molecule has 1 aromatic carbocycles. The van der Waals surface area contributed by atoms with Crippen molar-refractivity contribution in [3.8, 4) is 0 Å². The summed E-state index contributed by atoms with van der Waals surface area (Å²) in [6.07, 6.45) is 7.58. The molecule has 30 heavy (non-hydrogen) atoms. The van der Waals surface area contributed by atoms with Gasteiger partial charge in [-0.3, -0.25) is 4.79 Å². The number of carbonyl (C=O) groups is 1. The highest BCUT2D eigenvalue weighted by Crippen LogP contribution is 2.30. The highest BCUT2D eigenvalue weighted by Gasteiger charge is 2.26. The third-order valence-electron chi connectivity index (χ3n) is 6.02. The van der Waals surface area contributed by atoms with Crippen molar-refractivity contribution in [2.45, 2.75) is 65.7 Å². The lowest BCUT2D eigenvalue weighted by Gasteiger charge is -2.31. The lowest BCUT2D eigenvalue weighted by Crippen LogP contribution is -2.42. The Morgan fingerprint density at radius 2 is 1.60 bits per heavy atom. The van der Waals surface area contributed by atoms with E-state index in [1.807, 2.05) is 16.2 Å². The zero-order chi connectivity index (χ0) is 21.4. The smallest absolute Gasteiger partial charge is 0.223 e. The van der Waals surface area contributed by atoms with Gasteiger partial charge in [-0.1, -0.05) is 43.7 Å². The largest absolute Gasteiger partial charge is 0.378 e. The number of ether oxygens (including phenoxy) is 1. The van der Waals surface area contributed by atoms with Gasteiger partial charge in [0, 0.05) is 29.3 Å². The Morgan fingerprint density at radius 1 is 0.967 bits per heavy atom. The minimum absolute atomic E-state index is 0.0353. The Hall–Kier alpha value is -1.65. The van der Waals surface area contributed by atoms with Crippen LogP contribution in [0.3, 0.4) is 0 Å². The van der Waals surface area contributed by atoms with Gasteiger partial charge in [-0.25, -0.2) is 0 Å². The standard InChI is InChI=1S/C26H37NO2S/c1-21-8-10-22(11-9-21)6-4-5-7-23-12-13-24(30-23)14-15-26(2,3)20-25(28)27-16-18-29-19-17-27/h8-13H,4-7,14-20H2,1-3H3. The first-order chi connectivity index (χ1) is 14.4. The van der Waals surface area contributed by atoms with Crippen LogP contribution in [0.2, 0.25) is 0 Å². The molecule has 1 saturated heterocycles. The number of amides is 1. The van der Waals surface area contributed by atoms with Gasteiger partial charge >= 0.3 is 0 Å². The first-order valence-electron chi connectivity index (χ1n) is 11.4. The Kier molecular flexibility index (Phi) is 8.52. The average Bonchev–Trinajstić information content (AvgIpc) is 3.19. The molecular weight excluding hydrogens is 390 g/mol. The van der Waals surface area contributed by atoms with Crippen molar-refractivity contribution >= 4 is 17.2 Å². The molecule has 1 aliphatic rings. The molecule has 1 fully saturated rings. The van der Waals surface area contributed by atoms with Crippen LogP contribution in [0.5, 0.6) is 0 Å². The Bertz CT molecular complexity index is 788. The summed E-state index contributed by atoms with van der Waals surface area (Å²) in [5.74, 6) is 0.281. The van der Waals surface area contributed by atoms with Gasteiger partial charge in [-0.2, -0.15) is 0 Å². The molecule has 3 nitrogen and oxygen atoms in total. The SMILES string of the molecule is Cc1ccc(CCCCc2ccc(CCC(C)(C)CC(=O)N3CCOCC3)s2)cc1. The molecule has 4 heteroatoms. The number of benzene rings is 1. The van der Waals surface area contributed by atoms with E-state index in [1.54, 1.807) is 0 Å². The maximum absolute atomic E-state index is 12.6. The summed E-state index contributed by atoms with van der Waals surface area (Å²) in [4.78, 5) is 17.5. The Morgan fingerprint density at radius 3 is 2.30 bits per heavy atom. The van der Waals surface area contributed by atoms with Gasteiger partial charge in [-0.05, 0) is 68.6 Å². The highest BCUT2D eigenvalue weighted by molar-refractivity contribution is 7.11. The van der Waals surface area contributed by atoms with Gasteiger partial charge in [-0.15, -0.1) is 11.3 Å². The van der Waals surface area contributed by atoms with E-state index in [1.165, 1.54) is 46.6 Å². The summed E-state index contributed by atoms with van der Waals surface area (Å²) in [6.45, 7) is 9.43. The van der Waals surface area contributed by atoms with E-state index >= 15 is 0 Å². The van der Waals surface area contributed by atoms with Crippen molar-refractivity contribution in [1.29, 1.82) is 0 Å². The fraction of sp³-hybridized carbons (Fsp3) is 0.577. The summed E-state index contributed by atoms with van der Waals surface area (Å²) >= 11 is 1.96. The maximum atomic E-state index is 12.6. The maximum Gasteiger partial charge on any atom is 0.223 e. The number of aryl methyl sites for hydroxylation is 4. The van der Waals surface area contributed by atoms with Crippen molar-refractivity contribution in [3.63, 3.8) is 0 Å². The average molecular weight is 428 g/mol. The molecule has 0 bridgehead atoms. The van der Waals surface area contributed by atoms with E-state index in [0.29, 0.717) is 19.6 Å². The molecule has 0 atom stereocenters. The number of unbranched alkanes of at least 4 members (excludes halogenated alkanes) is 1. The fourth-order valence-electron chi connectivity index (χ4n) is 3.96. The van der Waals surface area contributed by atoms with Gasteiger partial charge < -0.3 is 9.64 Å². The number of hydrogen-bond donors (Lipinski definition) is 0. The zero-order valence-electron chi connectivity index (χ0n) is 18.9. The summed E-state index contributed by atoms with van der Waals surface area (Å²) in [6, 6.07) is 13.5. The van der Waals surface area contributed by atoms with Crippen LogP contribution in [0.4, 0.5) is 0 Å². The molecule has 3 rings (SSSR count). The van der Waals surface area contributed by atoms with Crippen LogP contribution in [0.25, 0.3) is 0 Å². The molecule has 1 aromatic heterocycles. The molecule has 0 N–H and O–H groups in total. The summed E-state index contributed by atoms with van der Waals surface area (Å²) in [5, 5.41) is 0. The van der Waals surface area contributed by atoms with Gasteiger partial charge in [0.05, 0.1) is 13.2 Å². The highest BCUT2D eigenvalue weighted by atomic mass is 32.1. The van der Waals surface area contributed by atoms with Crippen molar-refractivity contribution in [2.75, 3.05) is 26.3 Å². The molecule has 2 aromatic rings. The van der Waals surface area contributed by atoms with E-state index in [-0.39, 0.29) is 11.3 Å². The summed E-state index contributed by atoms with van der Waals surface area (Å²) < 4.78 is 5.36. The second-order valence-corrected chi connectivity index (χ2v) is 10.6. The van der Waals surface area contributed by atoms with E-state index in [9.17, 15) is 4.79 Å². The summed E-state index contributed by atoms with van der Waals surface area (Å²) in [5.41, 5.74) is 2.81. The Labute approximate surface area is 186 Å². The zero-order valence-corrected chi connectivity index (χ0v) is 19.7. The molecular formula is C26H37NO2S. The van der Waals surface area contributed by atoms with Gasteiger partial charge in [0.1, 0.15) is 0 Å². The number of morpholine rings is 1. The van der Waals surface area contributed by atoms with E-state index in [2.05, 4.69) is 57.2 Å². The fourth-order valence-corrected chi connectivity index (χ4v) is 5.02. The van der Waals surface area contributed by atoms with Gasteiger partial charge in [0.2, 0.25) is 5.91 Å². The minimum Gasteiger partial charge on any atom is -0.378 e. The monoisotopic (exact) mass is 427 g/mol. The molecule has 0 unspecified atom stereocenters. The third kappa shape index (κ3) is 7.55. The van der Waals surface area contributed by atoms with Crippen molar-refractivity contribution in [3.05, 3.63) is 57.3 Å². The van der Waals surface area contributed by atoms with Crippen LogP contribution in [0.1, 0.15) is 60.4 Å². The first kappa shape index (κ1) is 23.0. The van der Waals surface area contributed by atoms with Crippen LogP contribution in [0.15, 0.2) is 36.4 Å². The quantitative estimate of drug-likeness (QED) is 0.447. The van der Waals surface area contributed by atoms with E-state index in [4.69, 9.17) is 4.74 Å². The van der Waals surface area contributed by atoms with E-state index in [0.717, 1.165) is 25.9 Å². The minimum atomic E-state index is 0.0353. The van der Waals surface area contributed by atoms with Crippen LogP contribution in [0, 0.1) is 12.3 Å². The van der Waals surface area contributed by atoms with Crippen LogP contribution >= 0.6 is 11.3 Å². The van der Waals surface area contributed by atoms with Crippen molar-refractivity contribution in [1.82, 2.24) is 4.90 Å². The number of thiophene rings is 1. The predicted octanol–water partition coefficient (Wildman–Crippen LogP) is 5.83. The molecule has 0 aliphatic carbocycles. The number of hydrogen-bond acceptors (Lipinski definition) is 3. The molecule has 0 saturated carbocycles. The van der Waals surface area contributed by atoms with Crippen LogP contribution in [-0.4, -0.2) is 37.1 Å². The van der Waals surface area contributed by atoms with Gasteiger partial charge in [0.15, 0.2) is 0 Å². The lowest BCUT2D eigenvalue weighted by molar-refractivity contribution is -0.137. The molecule has 164 valence electrons. The number of carbonyl (C=O) groups excluding carboxylic acids is 1. The second-order valence-electron chi connectivity index (χ2n) is 9.39. The normalized spacial score (nSPS) is 14.8. The number of rotatable bonds is 10. The molecule has 2 heterocycles. The van der Waals surface area contributed by atoms with Crippen molar-refractivity contribution in [2.24, 2.45) is 5.41 Å². The topological polar surface area (TPSA) is 29.5 Å². The molecule has 0 spiro atoms. The van der Waals surface area contributed by atoms with E-state index < -0.39 is 0 Å². The molecule has 1 amide bonds. The second kappa shape index (κ2) is 11.1. The van der Waals surface area contributed by atoms with Gasteiger partial charge in [0.25, 0.3) is 0 Å². The molecule has 0 radical (unpaired) electrons. The first-order valence-corrected chi connectivity index (χ1v) is 12.2. The van der Waals surface area contributed by atoms with Crippen molar-refractivity contribution < 1.29 is 9.53 Å². The third-order valence-corrected chi connectivity index (χ3v) is 7.22. The summed E-state index contributed by atoms with van der Waals surface area (Å²) in [7, 11) is 0. The molecule has 1 aliphatic heterocycles. The van der Waals surface area contributed by atoms with Crippen LogP contribution in [-0.2, 0) is 28.8 Å². The Balaban J connectivity index is 1.36. The van der Waals surface area contributed by atoms with Crippen LogP contribution < -0.4 is 0 Å².